The largest absolute Gasteiger partial charge is 0.354 e. The van der Waals surface area contributed by atoms with E-state index in [9.17, 15) is 0 Å². The molecule has 2 rings (SSSR count). The second-order valence-electron chi connectivity index (χ2n) is 2.98. The molecule has 0 bridgehead atoms. The average Bonchev–Trinajstić information content (AvgIpc) is 2.33. The van der Waals surface area contributed by atoms with Crippen LogP contribution in [0.3, 0.4) is 0 Å². The molecule has 0 atom stereocenters. The number of rotatable bonds is 0. The number of nitrogens with one attached hydrogen (secondary N) is 1. The van der Waals surface area contributed by atoms with Gasteiger partial charge in [-0.25, -0.2) is 0 Å². The maximum absolute atomic E-state index is 5.08. The van der Waals surface area contributed by atoms with E-state index in [1.54, 1.807) is 5.57 Å². The van der Waals surface area contributed by atoms with Crippen LogP contribution in [0, 0.1) is 0 Å². The minimum atomic E-state index is 1.04. The second-order valence-corrected chi connectivity index (χ2v) is 3.48. The van der Waals surface area contributed by atoms with Crippen molar-refractivity contribution in [3.63, 3.8) is 0 Å². The third-order valence-corrected chi connectivity index (χ3v) is 2.58. The molecule has 1 aliphatic carbocycles. The lowest BCUT2D eigenvalue weighted by atomic mass is 10.1. The fraction of sp³-hybridized carbons (Fsp3) is 0.625. The van der Waals surface area contributed by atoms with Gasteiger partial charge in [0.2, 0.25) is 0 Å². The van der Waals surface area contributed by atoms with Crippen molar-refractivity contribution in [2.24, 2.45) is 0 Å². The number of hydrogen-bond acceptors (Lipinski definition) is 1. The molecule has 0 saturated carbocycles. The van der Waals surface area contributed by atoms with E-state index in [-0.39, 0.29) is 0 Å². The maximum atomic E-state index is 5.08. The summed E-state index contributed by atoms with van der Waals surface area (Å²) >= 11 is 5.08. The quantitative estimate of drug-likeness (QED) is 0.535. The van der Waals surface area contributed by atoms with Crippen LogP contribution in [0.5, 0.6) is 0 Å². The Balaban J connectivity index is 2.21. The summed E-state index contributed by atoms with van der Waals surface area (Å²) in [6.07, 6.45) is 6.18. The first-order valence-corrected chi connectivity index (χ1v) is 4.28. The van der Waals surface area contributed by atoms with Gasteiger partial charge in [-0.2, -0.15) is 0 Å². The van der Waals surface area contributed by atoms with E-state index in [4.69, 9.17) is 12.2 Å². The molecule has 1 N–H and O–H groups in total. The Hall–Kier alpha value is -0.370. The van der Waals surface area contributed by atoms with Crippen molar-refractivity contribution in [2.45, 2.75) is 32.1 Å². The van der Waals surface area contributed by atoms with E-state index in [0.717, 1.165) is 11.4 Å². The summed E-state index contributed by atoms with van der Waals surface area (Å²) in [6, 6.07) is 0. The molecule has 0 amide bonds. The topological polar surface area (TPSA) is 12.0 Å². The first-order chi connectivity index (χ1) is 4.86. The van der Waals surface area contributed by atoms with Gasteiger partial charge in [-0.1, -0.05) is 17.8 Å². The summed E-state index contributed by atoms with van der Waals surface area (Å²) in [6.45, 7) is 0. The molecule has 0 aromatic carbocycles. The molecule has 2 aliphatic rings. The van der Waals surface area contributed by atoms with Gasteiger partial charge >= 0.3 is 0 Å². The molecule has 0 fully saturated rings. The Bertz CT molecular complexity index is 205. The lowest BCUT2D eigenvalue weighted by Crippen LogP contribution is -2.24. The van der Waals surface area contributed by atoms with E-state index in [1.807, 2.05) is 0 Å². The zero-order chi connectivity index (χ0) is 6.97. The van der Waals surface area contributed by atoms with Gasteiger partial charge in [-0.3, -0.25) is 0 Å². The second kappa shape index (κ2) is 2.35. The monoisotopic (exact) mass is 153 g/mol. The minimum Gasteiger partial charge on any atom is -0.354 e. The molecule has 0 saturated heterocycles. The SMILES string of the molecule is S=C1CCC2=C(CCC2)N1. The predicted molar refractivity (Wildman–Crippen MR) is 45.8 cm³/mol. The molecule has 10 heavy (non-hydrogen) atoms. The van der Waals surface area contributed by atoms with Crippen LogP contribution in [0.2, 0.25) is 0 Å². The fourth-order valence-electron chi connectivity index (χ4n) is 1.73. The van der Waals surface area contributed by atoms with Gasteiger partial charge in [-0.05, 0) is 25.7 Å². The Labute approximate surface area is 66.5 Å². The molecule has 1 nitrogen and oxygen atoms in total. The van der Waals surface area contributed by atoms with Crippen molar-refractivity contribution in [1.29, 1.82) is 0 Å². The molecular formula is C8H11NS. The fourth-order valence-corrected chi connectivity index (χ4v) is 1.95. The van der Waals surface area contributed by atoms with Crippen LogP contribution < -0.4 is 5.32 Å². The van der Waals surface area contributed by atoms with Crippen LogP contribution in [0.4, 0.5) is 0 Å². The van der Waals surface area contributed by atoms with E-state index in [2.05, 4.69) is 5.32 Å². The third kappa shape index (κ3) is 0.966. The van der Waals surface area contributed by atoms with Gasteiger partial charge in [0.15, 0.2) is 0 Å². The van der Waals surface area contributed by atoms with E-state index in [0.29, 0.717) is 0 Å². The van der Waals surface area contributed by atoms with Crippen LogP contribution in [-0.2, 0) is 0 Å². The Morgan fingerprint density at radius 2 is 2.00 bits per heavy atom. The number of thiocarbonyl (C=S) groups is 1. The minimum absolute atomic E-state index is 1.04. The van der Waals surface area contributed by atoms with Gasteiger partial charge < -0.3 is 5.32 Å². The van der Waals surface area contributed by atoms with Gasteiger partial charge in [-0.15, -0.1) is 0 Å². The van der Waals surface area contributed by atoms with Gasteiger partial charge in [0.05, 0.1) is 4.99 Å². The molecule has 54 valence electrons. The normalized spacial score (nSPS) is 24.6. The molecular weight excluding hydrogens is 142 g/mol. The van der Waals surface area contributed by atoms with Gasteiger partial charge in [0.1, 0.15) is 0 Å². The van der Waals surface area contributed by atoms with Crippen molar-refractivity contribution in [3.05, 3.63) is 11.3 Å². The first kappa shape index (κ1) is 6.35. The highest BCUT2D eigenvalue weighted by Crippen LogP contribution is 2.30. The molecule has 2 heteroatoms. The Kier molecular flexibility index (Phi) is 1.49. The zero-order valence-corrected chi connectivity index (χ0v) is 6.76. The van der Waals surface area contributed by atoms with Crippen molar-refractivity contribution in [1.82, 2.24) is 5.32 Å². The predicted octanol–water partition coefficient (Wildman–Crippen LogP) is 2.14. The maximum Gasteiger partial charge on any atom is 0.0798 e. The first-order valence-electron chi connectivity index (χ1n) is 3.87. The summed E-state index contributed by atoms with van der Waals surface area (Å²) in [5.74, 6) is 0. The van der Waals surface area contributed by atoms with Crippen LogP contribution in [0.1, 0.15) is 32.1 Å². The van der Waals surface area contributed by atoms with Crippen molar-refractivity contribution in [3.8, 4) is 0 Å². The molecule has 1 heterocycles. The highest BCUT2D eigenvalue weighted by atomic mass is 32.1. The van der Waals surface area contributed by atoms with Gasteiger partial charge in [0.25, 0.3) is 0 Å². The Morgan fingerprint density at radius 3 is 2.90 bits per heavy atom. The van der Waals surface area contributed by atoms with Crippen LogP contribution in [0.25, 0.3) is 0 Å². The zero-order valence-electron chi connectivity index (χ0n) is 5.94. The molecule has 0 spiro atoms. The average molecular weight is 153 g/mol. The number of allylic oxidation sites excluding steroid dienone is 2. The highest BCUT2D eigenvalue weighted by molar-refractivity contribution is 7.80. The molecule has 0 aromatic heterocycles. The van der Waals surface area contributed by atoms with E-state index in [1.165, 1.54) is 31.4 Å². The van der Waals surface area contributed by atoms with E-state index >= 15 is 0 Å². The summed E-state index contributed by atoms with van der Waals surface area (Å²) in [5, 5.41) is 3.29. The lowest BCUT2D eigenvalue weighted by molar-refractivity contribution is 0.868. The molecule has 0 unspecified atom stereocenters. The summed E-state index contributed by atoms with van der Waals surface area (Å²) in [7, 11) is 0. The Morgan fingerprint density at radius 1 is 1.10 bits per heavy atom. The van der Waals surface area contributed by atoms with Crippen molar-refractivity contribution < 1.29 is 0 Å². The van der Waals surface area contributed by atoms with Crippen molar-refractivity contribution in [2.75, 3.05) is 0 Å². The van der Waals surface area contributed by atoms with Crippen molar-refractivity contribution >= 4 is 17.2 Å². The third-order valence-electron chi connectivity index (χ3n) is 2.28. The lowest BCUT2D eigenvalue weighted by Gasteiger charge is -2.16. The van der Waals surface area contributed by atoms with Crippen LogP contribution in [-0.4, -0.2) is 4.99 Å². The van der Waals surface area contributed by atoms with Crippen LogP contribution >= 0.6 is 12.2 Å². The van der Waals surface area contributed by atoms with Crippen LogP contribution in [0.15, 0.2) is 11.3 Å². The smallest absolute Gasteiger partial charge is 0.0798 e. The summed E-state index contributed by atoms with van der Waals surface area (Å²) < 4.78 is 0. The standard InChI is InChI=1S/C8H11NS/c10-8-5-4-6-2-1-3-7(6)9-8/h1-5H2,(H,9,10). The molecule has 0 aromatic rings. The van der Waals surface area contributed by atoms with E-state index < -0.39 is 0 Å². The molecule has 1 aliphatic heterocycles. The summed E-state index contributed by atoms with van der Waals surface area (Å²) in [4.78, 5) is 1.04. The number of hydrogen-bond donors (Lipinski definition) is 1. The molecule has 0 radical (unpaired) electrons. The highest BCUT2D eigenvalue weighted by Gasteiger charge is 2.19. The summed E-state index contributed by atoms with van der Waals surface area (Å²) in [5.41, 5.74) is 3.07. The van der Waals surface area contributed by atoms with Gasteiger partial charge in [0, 0.05) is 12.1 Å².